The molecule has 1 aromatic carbocycles. The highest BCUT2D eigenvalue weighted by Gasteiger charge is 2.23. The van der Waals surface area contributed by atoms with Gasteiger partial charge in [-0.25, -0.2) is 0 Å². The fourth-order valence-corrected chi connectivity index (χ4v) is 1.50. The predicted molar refractivity (Wildman–Crippen MR) is 54.7 cm³/mol. The topological polar surface area (TPSA) is 84.6 Å². The van der Waals surface area contributed by atoms with Crippen molar-refractivity contribution in [2.45, 2.75) is 6.04 Å². The molecule has 2 rings (SSSR count). The van der Waals surface area contributed by atoms with Crippen molar-refractivity contribution in [1.82, 2.24) is 5.32 Å². The van der Waals surface area contributed by atoms with E-state index in [1.807, 2.05) is 0 Å². The summed E-state index contributed by atoms with van der Waals surface area (Å²) in [5, 5.41) is 11.6. The monoisotopic (exact) mass is 208 g/mol. The molecule has 0 aromatic heterocycles. The Morgan fingerprint density at radius 2 is 2.40 bits per heavy atom. The number of amides is 1. The van der Waals surface area contributed by atoms with Crippen LogP contribution >= 0.6 is 0 Å². The van der Waals surface area contributed by atoms with Crippen LogP contribution in [0.15, 0.2) is 18.2 Å². The van der Waals surface area contributed by atoms with Gasteiger partial charge >= 0.3 is 0 Å². The first-order valence-electron chi connectivity index (χ1n) is 4.65. The van der Waals surface area contributed by atoms with E-state index >= 15 is 0 Å². The number of aliphatic hydroxyl groups is 1. The van der Waals surface area contributed by atoms with Gasteiger partial charge in [0.1, 0.15) is 17.9 Å². The molecule has 1 heterocycles. The van der Waals surface area contributed by atoms with E-state index < -0.39 is 0 Å². The average molecular weight is 208 g/mol. The molecule has 0 saturated heterocycles. The number of fused-ring (bicyclic) bond motifs is 1. The van der Waals surface area contributed by atoms with Gasteiger partial charge in [-0.05, 0) is 12.1 Å². The number of aliphatic hydroxyl groups excluding tert-OH is 1. The zero-order chi connectivity index (χ0) is 10.8. The third kappa shape index (κ3) is 1.73. The predicted octanol–water partition coefficient (Wildman–Crippen LogP) is -0.248. The fraction of sp³-hybridized carbons (Fsp3) is 0.300. The van der Waals surface area contributed by atoms with E-state index in [9.17, 15) is 4.79 Å². The number of rotatable bonds is 1. The molecule has 5 nitrogen and oxygen atoms in total. The summed E-state index contributed by atoms with van der Waals surface area (Å²) >= 11 is 0. The normalized spacial score (nSPS) is 19.8. The van der Waals surface area contributed by atoms with Gasteiger partial charge in [-0.3, -0.25) is 4.79 Å². The lowest BCUT2D eigenvalue weighted by Gasteiger charge is -2.10. The van der Waals surface area contributed by atoms with E-state index in [1.54, 1.807) is 18.2 Å². The van der Waals surface area contributed by atoms with Crippen molar-refractivity contribution in [3.8, 4) is 5.75 Å². The quantitative estimate of drug-likeness (QED) is 0.556. The van der Waals surface area contributed by atoms with Gasteiger partial charge in [0, 0.05) is 5.69 Å². The van der Waals surface area contributed by atoms with E-state index in [1.165, 1.54) is 0 Å². The van der Waals surface area contributed by atoms with E-state index in [0.717, 1.165) is 0 Å². The van der Waals surface area contributed by atoms with Crippen LogP contribution in [0, 0.1) is 0 Å². The molecular weight excluding hydrogens is 196 g/mol. The molecule has 4 N–H and O–H groups in total. The van der Waals surface area contributed by atoms with Crippen LogP contribution in [0.3, 0.4) is 0 Å². The smallest absolute Gasteiger partial charge is 0.257 e. The molecule has 1 amide bonds. The van der Waals surface area contributed by atoms with E-state index in [4.69, 9.17) is 15.6 Å². The molecule has 0 radical (unpaired) electrons. The largest absolute Gasteiger partial charge is 0.490 e. The second-order valence-electron chi connectivity index (χ2n) is 3.38. The minimum atomic E-state index is -0.385. The third-order valence-corrected chi connectivity index (χ3v) is 2.28. The minimum absolute atomic E-state index is 0.153. The molecule has 0 saturated carbocycles. The summed E-state index contributed by atoms with van der Waals surface area (Å²) in [4.78, 5) is 11.7. The van der Waals surface area contributed by atoms with Crippen molar-refractivity contribution in [2.24, 2.45) is 0 Å². The van der Waals surface area contributed by atoms with Gasteiger partial charge in [0.25, 0.3) is 5.91 Å². The van der Waals surface area contributed by atoms with E-state index in [-0.39, 0.29) is 25.2 Å². The van der Waals surface area contributed by atoms with Crippen LogP contribution in [0.5, 0.6) is 5.75 Å². The number of hydrogen-bond acceptors (Lipinski definition) is 4. The van der Waals surface area contributed by atoms with Crippen molar-refractivity contribution in [3.63, 3.8) is 0 Å². The van der Waals surface area contributed by atoms with Gasteiger partial charge in [0.05, 0.1) is 12.6 Å². The van der Waals surface area contributed by atoms with E-state index in [2.05, 4.69) is 5.32 Å². The first-order chi connectivity index (χ1) is 7.22. The van der Waals surface area contributed by atoms with Gasteiger partial charge in [0.15, 0.2) is 0 Å². The summed E-state index contributed by atoms with van der Waals surface area (Å²) in [7, 11) is 0. The first-order valence-corrected chi connectivity index (χ1v) is 4.65. The molecule has 0 spiro atoms. The maximum atomic E-state index is 11.7. The molecule has 80 valence electrons. The zero-order valence-corrected chi connectivity index (χ0v) is 8.06. The summed E-state index contributed by atoms with van der Waals surface area (Å²) in [6.45, 7) is 0.0956. The molecule has 0 unspecified atom stereocenters. The standard InChI is InChI=1S/C10H12N2O3/c11-7-2-1-3-8-9(7)10(14)12-6(4-13)5-15-8/h1-3,6,13H,4-5,11H2,(H,12,14)/t6-/m0/s1. The molecular formula is C10H12N2O3. The fourth-order valence-electron chi connectivity index (χ4n) is 1.50. The number of anilines is 1. The van der Waals surface area contributed by atoms with Gasteiger partial charge in [0.2, 0.25) is 0 Å². The molecule has 15 heavy (non-hydrogen) atoms. The zero-order valence-electron chi connectivity index (χ0n) is 8.06. The summed E-state index contributed by atoms with van der Waals surface area (Å²) in [5.41, 5.74) is 6.40. The highest BCUT2D eigenvalue weighted by atomic mass is 16.5. The molecule has 5 heteroatoms. The van der Waals surface area contributed by atoms with Gasteiger partial charge < -0.3 is 20.9 Å². The number of ether oxygens (including phenoxy) is 1. The Labute approximate surface area is 86.8 Å². The van der Waals surface area contributed by atoms with Crippen molar-refractivity contribution in [3.05, 3.63) is 23.8 Å². The van der Waals surface area contributed by atoms with Crippen LogP contribution in [-0.2, 0) is 0 Å². The highest BCUT2D eigenvalue weighted by molar-refractivity contribution is 6.02. The second kappa shape index (κ2) is 3.78. The molecule has 1 aliphatic rings. The molecule has 1 aliphatic heterocycles. The van der Waals surface area contributed by atoms with Crippen molar-refractivity contribution in [1.29, 1.82) is 0 Å². The Morgan fingerprint density at radius 1 is 1.60 bits per heavy atom. The summed E-state index contributed by atoms with van der Waals surface area (Å²) in [6.07, 6.45) is 0. The molecule has 1 atom stereocenters. The van der Waals surface area contributed by atoms with Crippen LogP contribution in [0.25, 0.3) is 0 Å². The first kappa shape index (κ1) is 9.79. The SMILES string of the molecule is Nc1cccc2c1C(=O)N[C@@H](CO)CO2. The second-order valence-corrected chi connectivity index (χ2v) is 3.38. The number of nitrogen functional groups attached to an aromatic ring is 1. The van der Waals surface area contributed by atoms with Crippen LogP contribution < -0.4 is 15.8 Å². The Bertz CT molecular complexity index is 392. The van der Waals surface area contributed by atoms with E-state index in [0.29, 0.717) is 17.0 Å². The van der Waals surface area contributed by atoms with Gasteiger partial charge in [-0.1, -0.05) is 6.07 Å². The molecule has 1 aromatic rings. The Kier molecular flexibility index (Phi) is 2.47. The van der Waals surface area contributed by atoms with Crippen LogP contribution in [0.4, 0.5) is 5.69 Å². The van der Waals surface area contributed by atoms with Crippen LogP contribution in [-0.4, -0.2) is 30.3 Å². The lowest BCUT2D eigenvalue weighted by molar-refractivity contribution is 0.0915. The molecule has 0 bridgehead atoms. The van der Waals surface area contributed by atoms with Crippen LogP contribution in [0.1, 0.15) is 10.4 Å². The summed E-state index contributed by atoms with van der Waals surface area (Å²) in [6, 6.07) is 4.66. The number of hydrogen-bond donors (Lipinski definition) is 3. The van der Waals surface area contributed by atoms with Crippen LogP contribution in [0.2, 0.25) is 0 Å². The summed E-state index contributed by atoms with van der Waals surface area (Å²) in [5.74, 6) is 0.156. The average Bonchev–Trinajstić information content (AvgIpc) is 2.39. The Hall–Kier alpha value is -1.75. The third-order valence-electron chi connectivity index (χ3n) is 2.28. The lowest BCUT2D eigenvalue weighted by Crippen LogP contribution is -2.39. The Balaban J connectivity index is 2.40. The van der Waals surface area contributed by atoms with Crippen molar-refractivity contribution in [2.75, 3.05) is 18.9 Å². The number of nitrogens with one attached hydrogen (secondary N) is 1. The number of carbonyl (C=O) groups is 1. The maximum absolute atomic E-state index is 11.7. The molecule has 0 aliphatic carbocycles. The lowest BCUT2D eigenvalue weighted by atomic mass is 10.1. The van der Waals surface area contributed by atoms with Gasteiger partial charge in [-0.2, -0.15) is 0 Å². The number of nitrogens with two attached hydrogens (primary N) is 1. The van der Waals surface area contributed by atoms with Crippen molar-refractivity contribution >= 4 is 11.6 Å². The Morgan fingerprint density at radius 3 is 3.13 bits per heavy atom. The number of benzene rings is 1. The van der Waals surface area contributed by atoms with Crippen molar-refractivity contribution < 1.29 is 14.6 Å². The maximum Gasteiger partial charge on any atom is 0.257 e. The van der Waals surface area contributed by atoms with Gasteiger partial charge in [-0.15, -0.1) is 0 Å². The molecule has 0 fully saturated rings. The minimum Gasteiger partial charge on any atom is -0.490 e. The number of carbonyl (C=O) groups excluding carboxylic acids is 1. The summed E-state index contributed by atoms with van der Waals surface area (Å²) < 4.78 is 5.38. The highest BCUT2D eigenvalue weighted by Crippen LogP contribution is 2.26.